The summed E-state index contributed by atoms with van der Waals surface area (Å²) >= 11 is 6.19. The lowest BCUT2D eigenvalue weighted by atomic mass is 10.1. The topological polar surface area (TPSA) is 75.7 Å². The number of carbonyl (C=O) groups is 3. The fourth-order valence-electron chi connectivity index (χ4n) is 3.11. The van der Waals surface area contributed by atoms with Gasteiger partial charge >= 0.3 is 5.97 Å². The number of halogens is 1. The van der Waals surface area contributed by atoms with E-state index in [2.05, 4.69) is 5.32 Å². The summed E-state index contributed by atoms with van der Waals surface area (Å²) in [5, 5.41) is 2.73. The van der Waals surface area contributed by atoms with Crippen molar-refractivity contribution in [2.75, 3.05) is 16.8 Å². The number of esters is 1. The van der Waals surface area contributed by atoms with E-state index in [0.717, 1.165) is 28.9 Å². The van der Waals surface area contributed by atoms with Crippen LogP contribution in [-0.4, -0.2) is 24.4 Å². The molecule has 30 heavy (non-hydrogen) atoms. The Morgan fingerprint density at radius 2 is 1.77 bits per heavy atom. The van der Waals surface area contributed by atoms with Crippen LogP contribution in [0.2, 0.25) is 0 Å². The largest absolute Gasteiger partial charge is 0.462 e. The summed E-state index contributed by atoms with van der Waals surface area (Å²) in [7, 11) is 0. The van der Waals surface area contributed by atoms with Crippen molar-refractivity contribution in [3.05, 3.63) is 69.9 Å². The van der Waals surface area contributed by atoms with Gasteiger partial charge in [0, 0.05) is 5.69 Å². The summed E-state index contributed by atoms with van der Waals surface area (Å²) in [6, 6.07) is 11.9. The van der Waals surface area contributed by atoms with E-state index in [9.17, 15) is 14.4 Å². The van der Waals surface area contributed by atoms with Gasteiger partial charge in [-0.1, -0.05) is 42.6 Å². The molecule has 156 valence electrons. The lowest BCUT2D eigenvalue weighted by Gasteiger charge is -2.18. The van der Waals surface area contributed by atoms with Crippen LogP contribution in [0.3, 0.4) is 0 Å². The monoisotopic (exact) mass is 426 g/mol. The number of nitrogens with zero attached hydrogens (tertiary/aromatic N) is 1. The molecule has 1 N–H and O–H groups in total. The first-order valence-corrected chi connectivity index (χ1v) is 10.1. The molecule has 3 rings (SSSR count). The number of benzene rings is 2. The van der Waals surface area contributed by atoms with Gasteiger partial charge in [-0.15, -0.1) is 0 Å². The molecule has 6 nitrogen and oxygen atoms in total. The first kappa shape index (κ1) is 21.6. The van der Waals surface area contributed by atoms with Crippen LogP contribution in [0.5, 0.6) is 0 Å². The van der Waals surface area contributed by atoms with Crippen LogP contribution in [0.15, 0.2) is 53.2 Å². The van der Waals surface area contributed by atoms with Gasteiger partial charge in [0.1, 0.15) is 10.7 Å². The number of hydrogen-bond donors (Lipinski definition) is 1. The Hall–Kier alpha value is -3.12. The van der Waals surface area contributed by atoms with Crippen LogP contribution in [0.1, 0.15) is 41.3 Å². The molecule has 2 amide bonds. The molecule has 0 bridgehead atoms. The molecule has 0 fully saturated rings. The number of hydrogen-bond acceptors (Lipinski definition) is 5. The van der Waals surface area contributed by atoms with Gasteiger partial charge in [0.05, 0.1) is 17.9 Å². The highest BCUT2D eigenvalue weighted by Crippen LogP contribution is 2.32. The van der Waals surface area contributed by atoms with E-state index in [1.54, 1.807) is 30.3 Å². The predicted molar refractivity (Wildman–Crippen MR) is 117 cm³/mol. The van der Waals surface area contributed by atoms with Crippen molar-refractivity contribution in [1.82, 2.24) is 0 Å². The van der Waals surface area contributed by atoms with E-state index in [1.807, 2.05) is 32.9 Å². The van der Waals surface area contributed by atoms with Crippen LogP contribution in [0.25, 0.3) is 0 Å². The van der Waals surface area contributed by atoms with Crippen molar-refractivity contribution in [2.24, 2.45) is 0 Å². The normalized spacial score (nSPS) is 13.8. The lowest BCUT2D eigenvalue weighted by molar-refractivity contribution is -0.120. The highest BCUT2D eigenvalue weighted by Gasteiger charge is 2.39. The number of nitrogens with one attached hydrogen (secondary N) is 1. The second kappa shape index (κ2) is 9.13. The van der Waals surface area contributed by atoms with Gasteiger partial charge < -0.3 is 10.1 Å². The fraction of sp³-hybridized carbons (Fsp3) is 0.261. The molecule has 1 heterocycles. The Balaban J connectivity index is 1.76. The fourth-order valence-corrected chi connectivity index (χ4v) is 3.33. The van der Waals surface area contributed by atoms with E-state index in [0.29, 0.717) is 23.5 Å². The Morgan fingerprint density at radius 1 is 1.07 bits per heavy atom. The van der Waals surface area contributed by atoms with Crippen molar-refractivity contribution < 1.29 is 19.1 Å². The summed E-state index contributed by atoms with van der Waals surface area (Å²) in [4.78, 5) is 38.6. The smallest absolute Gasteiger partial charge is 0.338 e. The van der Waals surface area contributed by atoms with E-state index in [1.165, 1.54) is 0 Å². The van der Waals surface area contributed by atoms with Crippen LogP contribution in [0.4, 0.5) is 11.4 Å². The Kier molecular flexibility index (Phi) is 6.57. The van der Waals surface area contributed by atoms with Gasteiger partial charge in [-0.3, -0.25) is 9.59 Å². The zero-order chi connectivity index (χ0) is 21.8. The minimum atomic E-state index is -0.577. The summed E-state index contributed by atoms with van der Waals surface area (Å²) in [6.07, 6.45) is 1.75. The zero-order valence-electron chi connectivity index (χ0n) is 17.1. The maximum absolute atomic E-state index is 12.9. The van der Waals surface area contributed by atoms with Gasteiger partial charge in [-0.2, -0.15) is 0 Å². The van der Waals surface area contributed by atoms with E-state index >= 15 is 0 Å². The molecule has 0 aromatic heterocycles. The third-order valence-electron chi connectivity index (χ3n) is 4.74. The molecular formula is C23H23ClN2O4. The molecule has 0 saturated carbocycles. The second-order valence-corrected chi connectivity index (χ2v) is 7.49. The maximum atomic E-state index is 12.9. The highest BCUT2D eigenvalue weighted by molar-refractivity contribution is 6.53. The number of imide groups is 1. The van der Waals surface area contributed by atoms with Crippen LogP contribution in [-0.2, 0) is 14.3 Å². The summed E-state index contributed by atoms with van der Waals surface area (Å²) in [5.41, 5.74) is 3.25. The number of anilines is 2. The molecule has 2 aromatic rings. The predicted octanol–water partition coefficient (Wildman–Crippen LogP) is 4.70. The maximum Gasteiger partial charge on any atom is 0.338 e. The number of aryl methyl sites for hydroxylation is 2. The van der Waals surface area contributed by atoms with Gasteiger partial charge in [0.15, 0.2) is 0 Å². The van der Waals surface area contributed by atoms with Crippen LogP contribution < -0.4 is 10.2 Å². The summed E-state index contributed by atoms with van der Waals surface area (Å²) in [6.45, 7) is 6.17. The van der Waals surface area contributed by atoms with Gasteiger partial charge in [0.25, 0.3) is 11.8 Å². The van der Waals surface area contributed by atoms with Crippen molar-refractivity contribution in [3.8, 4) is 0 Å². The van der Waals surface area contributed by atoms with Crippen molar-refractivity contribution in [3.63, 3.8) is 0 Å². The van der Waals surface area contributed by atoms with E-state index < -0.39 is 17.8 Å². The van der Waals surface area contributed by atoms with Crippen molar-refractivity contribution in [1.29, 1.82) is 0 Å². The van der Waals surface area contributed by atoms with Crippen molar-refractivity contribution in [2.45, 2.75) is 33.6 Å². The molecule has 0 spiro atoms. The SMILES string of the molecule is CCCCOC(=O)c1ccc(NC2=C(Cl)C(=O)N(c3ccc(C)cc3C)C2=O)cc1. The molecule has 0 radical (unpaired) electrons. The molecule has 0 unspecified atom stereocenters. The molecule has 1 aliphatic rings. The third-order valence-corrected chi connectivity index (χ3v) is 5.09. The highest BCUT2D eigenvalue weighted by atomic mass is 35.5. The van der Waals surface area contributed by atoms with Crippen molar-refractivity contribution >= 4 is 40.8 Å². The minimum absolute atomic E-state index is 0.0000796. The molecular weight excluding hydrogens is 404 g/mol. The Morgan fingerprint density at radius 3 is 2.40 bits per heavy atom. The second-order valence-electron chi connectivity index (χ2n) is 7.12. The van der Waals surface area contributed by atoms with Crippen LogP contribution >= 0.6 is 11.6 Å². The molecule has 2 aromatic carbocycles. The van der Waals surface area contributed by atoms with E-state index in [4.69, 9.17) is 16.3 Å². The first-order valence-electron chi connectivity index (χ1n) is 9.73. The molecule has 7 heteroatoms. The lowest BCUT2D eigenvalue weighted by Crippen LogP contribution is -2.32. The molecule has 0 aliphatic carbocycles. The van der Waals surface area contributed by atoms with Crippen LogP contribution in [0, 0.1) is 13.8 Å². The summed E-state index contributed by atoms with van der Waals surface area (Å²) in [5.74, 6) is -1.51. The molecule has 0 saturated heterocycles. The third kappa shape index (κ3) is 4.39. The Labute approximate surface area is 180 Å². The quantitative estimate of drug-likeness (QED) is 0.394. The standard InChI is InChI=1S/C23H23ClN2O4/c1-4-5-12-30-23(29)16-7-9-17(10-8-16)25-20-19(24)21(27)26(22(20)28)18-11-6-14(2)13-15(18)3/h6-11,13,25H,4-5,12H2,1-3H3. The number of ether oxygens (including phenoxy) is 1. The number of unbranched alkanes of at least 4 members (excludes halogenated alkanes) is 1. The van der Waals surface area contributed by atoms with Gasteiger partial charge in [0.2, 0.25) is 0 Å². The van der Waals surface area contributed by atoms with E-state index in [-0.39, 0.29) is 10.7 Å². The Bertz CT molecular complexity index is 1030. The summed E-state index contributed by atoms with van der Waals surface area (Å²) < 4.78 is 5.18. The first-order chi connectivity index (χ1) is 14.3. The number of rotatable bonds is 7. The van der Waals surface area contributed by atoms with Gasteiger partial charge in [-0.25, -0.2) is 9.69 Å². The average molecular weight is 427 g/mol. The molecule has 0 atom stereocenters. The zero-order valence-corrected chi connectivity index (χ0v) is 17.9. The molecule has 1 aliphatic heterocycles. The minimum Gasteiger partial charge on any atom is -0.462 e. The van der Waals surface area contributed by atoms with Gasteiger partial charge in [-0.05, 0) is 56.2 Å². The number of amides is 2. The number of carbonyl (C=O) groups excluding carboxylic acids is 3. The average Bonchev–Trinajstić information content (AvgIpc) is 2.92.